The molecule has 2 nitrogen and oxygen atoms in total. The molecule has 0 N–H and O–H groups in total. The van der Waals surface area contributed by atoms with Crippen LogP contribution in [0, 0.1) is 0 Å². The van der Waals surface area contributed by atoms with Gasteiger partial charge in [-0.3, -0.25) is 0 Å². The number of fused-ring (bicyclic) bond motifs is 3. The van der Waals surface area contributed by atoms with Gasteiger partial charge in [0.05, 0.1) is 5.66 Å². The van der Waals surface area contributed by atoms with Gasteiger partial charge in [0.1, 0.15) is 0 Å². The first-order valence-corrected chi connectivity index (χ1v) is 8.25. The molecule has 1 aromatic rings. The van der Waals surface area contributed by atoms with E-state index < -0.39 is 7.68 Å². The Balaban J connectivity index is 2.03. The molecule has 2 aliphatic carbocycles. The third kappa shape index (κ3) is 2.11. The number of hydrogen-bond donors (Lipinski definition) is 0. The average molecular weight is 295 g/mol. The molecular formula is C15H16ClO2P. The largest absolute Gasteiger partial charge is 0.319 e. The van der Waals surface area contributed by atoms with Gasteiger partial charge in [0.15, 0.2) is 0 Å². The molecule has 1 unspecified atom stereocenters. The lowest BCUT2D eigenvalue weighted by atomic mass is 9.63. The molecule has 1 aromatic carbocycles. The smallest absolute Gasteiger partial charge is 0.237 e. The van der Waals surface area contributed by atoms with Gasteiger partial charge in [0, 0.05) is 10.4 Å². The highest BCUT2D eigenvalue weighted by molar-refractivity contribution is 7.31. The molecule has 100 valence electrons. The molecule has 0 bridgehead atoms. The van der Waals surface area contributed by atoms with Crippen molar-refractivity contribution in [2.75, 3.05) is 0 Å². The van der Waals surface area contributed by atoms with E-state index in [1.807, 2.05) is 12.1 Å². The van der Waals surface area contributed by atoms with Crippen molar-refractivity contribution in [3.05, 3.63) is 46.0 Å². The Bertz CT molecular complexity index is 625. The summed E-state index contributed by atoms with van der Waals surface area (Å²) in [6.45, 7) is 2.23. The summed E-state index contributed by atoms with van der Waals surface area (Å²) in [5.74, 6) is 0. The number of benzene rings is 1. The van der Waals surface area contributed by atoms with Crippen LogP contribution in [0.15, 0.2) is 29.8 Å². The van der Waals surface area contributed by atoms with Crippen LogP contribution in [-0.2, 0) is 21.0 Å². The van der Waals surface area contributed by atoms with Gasteiger partial charge >= 0.3 is 7.68 Å². The van der Waals surface area contributed by atoms with E-state index in [0.29, 0.717) is 6.42 Å². The van der Waals surface area contributed by atoms with Crippen LogP contribution < -0.4 is 0 Å². The molecular weight excluding hydrogens is 279 g/mol. The second kappa shape index (κ2) is 4.61. The predicted octanol–water partition coefficient (Wildman–Crippen LogP) is 4.81. The normalized spacial score (nSPS) is 29.2. The zero-order valence-corrected chi connectivity index (χ0v) is 12.5. The maximum absolute atomic E-state index is 11.2. The summed E-state index contributed by atoms with van der Waals surface area (Å²) >= 11 is 6.06. The van der Waals surface area contributed by atoms with Gasteiger partial charge in [0.25, 0.3) is 0 Å². The summed E-state index contributed by atoms with van der Waals surface area (Å²) in [5, 5.41) is 0.774. The summed E-state index contributed by atoms with van der Waals surface area (Å²) < 4.78 is 22.4. The van der Waals surface area contributed by atoms with Gasteiger partial charge < -0.3 is 0 Å². The summed E-state index contributed by atoms with van der Waals surface area (Å²) in [7, 11) is -2.31. The van der Waals surface area contributed by atoms with E-state index in [1.54, 1.807) is 0 Å². The van der Waals surface area contributed by atoms with Crippen LogP contribution in [0.25, 0.3) is 0 Å². The topological polar surface area (TPSA) is 34.1 Å². The molecule has 0 heterocycles. The van der Waals surface area contributed by atoms with E-state index >= 15 is 0 Å². The van der Waals surface area contributed by atoms with Gasteiger partial charge in [-0.1, -0.05) is 36.2 Å². The Morgan fingerprint density at radius 2 is 2.16 bits per heavy atom. The molecule has 0 radical (unpaired) electrons. The van der Waals surface area contributed by atoms with Crippen LogP contribution in [0.5, 0.6) is 0 Å². The molecule has 1 saturated carbocycles. The second-order valence-electron chi connectivity index (χ2n) is 5.75. The number of halogens is 1. The van der Waals surface area contributed by atoms with Crippen LogP contribution >= 0.6 is 19.3 Å². The van der Waals surface area contributed by atoms with Crippen molar-refractivity contribution in [1.82, 2.24) is 0 Å². The van der Waals surface area contributed by atoms with Crippen LogP contribution in [0.2, 0.25) is 5.02 Å². The molecule has 2 aliphatic rings. The fourth-order valence-corrected chi connectivity index (χ4v) is 4.38. The molecule has 4 heteroatoms. The summed E-state index contributed by atoms with van der Waals surface area (Å²) in [4.78, 5) is 0. The van der Waals surface area contributed by atoms with Gasteiger partial charge in [-0.25, -0.2) is 9.13 Å². The molecule has 0 amide bonds. The van der Waals surface area contributed by atoms with Crippen molar-refractivity contribution in [1.29, 1.82) is 0 Å². The molecule has 0 aromatic heterocycles. The van der Waals surface area contributed by atoms with Crippen molar-refractivity contribution in [3.8, 4) is 0 Å². The average Bonchev–Trinajstić information content (AvgIpc) is 2.37. The third-order valence-electron chi connectivity index (χ3n) is 4.67. The van der Waals surface area contributed by atoms with E-state index in [0.717, 1.165) is 24.3 Å². The van der Waals surface area contributed by atoms with E-state index in [9.17, 15) is 9.13 Å². The minimum absolute atomic E-state index is 0.0000154. The Labute approximate surface area is 118 Å². The number of rotatable bonds is 1. The second-order valence-corrected chi connectivity index (χ2v) is 7.49. The highest BCUT2D eigenvalue weighted by Crippen LogP contribution is 2.50. The standard InChI is InChI=1S/C15H16ClO2P/c1-15-7-6-13(19(17)18)9-11(15)3-2-10-8-12(16)4-5-14(10)15/h3-5,8,13H,2,6-7,9H2,1H3/t13?,15-/m0/s1. The Morgan fingerprint density at radius 1 is 1.37 bits per heavy atom. The van der Waals surface area contributed by atoms with Crippen LogP contribution in [-0.4, -0.2) is 5.66 Å². The Morgan fingerprint density at radius 3 is 2.89 bits per heavy atom. The first kappa shape index (κ1) is 13.1. The van der Waals surface area contributed by atoms with E-state index in [-0.39, 0.29) is 11.1 Å². The summed E-state index contributed by atoms with van der Waals surface area (Å²) in [6.07, 6.45) is 5.43. The van der Waals surface area contributed by atoms with E-state index in [1.165, 1.54) is 16.7 Å². The van der Waals surface area contributed by atoms with Gasteiger partial charge in [-0.2, -0.15) is 0 Å². The quantitative estimate of drug-likeness (QED) is 0.550. The zero-order valence-electron chi connectivity index (χ0n) is 10.9. The van der Waals surface area contributed by atoms with E-state index in [4.69, 9.17) is 11.6 Å². The first-order valence-electron chi connectivity index (χ1n) is 6.62. The molecule has 1 fully saturated rings. The zero-order chi connectivity index (χ0) is 13.6. The minimum atomic E-state index is -2.31. The lowest BCUT2D eigenvalue weighted by Gasteiger charge is -2.42. The van der Waals surface area contributed by atoms with Gasteiger partial charge in [-0.15, -0.1) is 0 Å². The maximum Gasteiger partial charge on any atom is 0.319 e. The SMILES string of the molecule is C[C@]12CCC(P(=O)=O)CC1=CCc1cc(Cl)ccc12. The summed E-state index contributed by atoms with van der Waals surface area (Å²) in [6, 6.07) is 6.09. The third-order valence-corrected chi connectivity index (χ3v) is 5.94. The molecule has 3 rings (SSSR count). The molecule has 0 spiro atoms. The van der Waals surface area contributed by atoms with Crippen molar-refractivity contribution < 1.29 is 9.13 Å². The van der Waals surface area contributed by atoms with Crippen molar-refractivity contribution in [2.45, 2.75) is 43.7 Å². The van der Waals surface area contributed by atoms with E-state index in [2.05, 4.69) is 19.1 Å². The number of allylic oxidation sites excluding steroid dienone is 2. The molecule has 0 aliphatic heterocycles. The molecule has 0 saturated heterocycles. The predicted molar refractivity (Wildman–Crippen MR) is 76.5 cm³/mol. The minimum Gasteiger partial charge on any atom is -0.237 e. The monoisotopic (exact) mass is 294 g/mol. The fraction of sp³-hybridized carbons (Fsp3) is 0.467. The number of hydrogen-bond acceptors (Lipinski definition) is 2. The lowest BCUT2D eigenvalue weighted by molar-refractivity contribution is 0.396. The van der Waals surface area contributed by atoms with Crippen molar-refractivity contribution in [2.24, 2.45) is 0 Å². The maximum atomic E-state index is 11.2. The fourth-order valence-electron chi connectivity index (χ4n) is 3.50. The molecule has 19 heavy (non-hydrogen) atoms. The Kier molecular flexibility index (Phi) is 3.19. The van der Waals surface area contributed by atoms with Crippen LogP contribution in [0.1, 0.15) is 37.3 Å². The van der Waals surface area contributed by atoms with Gasteiger partial charge in [-0.05, 0) is 48.9 Å². The summed E-state index contributed by atoms with van der Waals surface area (Å²) in [5.41, 5.74) is 3.72. The van der Waals surface area contributed by atoms with Gasteiger partial charge in [0.2, 0.25) is 0 Å². The lowest BCUT2D eigenvalue weighted by Crippen LogP contribution is -2.35. The molecule has 2 atom stereocenters. The first-order chi connectivity index (χ1) is 9.00. The highest BCUT2D eigenvalue weighted by Gasteiger charge is 2.41. The highest BCUT2D eigenvalue weighted by atomic mass is 35.5. The Hall–Kier alpha value is -0.850. The van der Waals surface area contributed by atoms with Crippen LogP contribution in [0.3, 0.4) is 0 Å². The van der Waals surface area contributed by atoms with Crippen LogP contribution in [0.4, 0.5) is 0 Å². The van der Waals surface area contributed by atoms with Crippen molar-refractivity contribution in [3.63, 3.8) is 0 Å². The van der Waals surface area contributed by atoms with Crippen molar-refractivity contribution >= 4 is 19.3 Å².